The molecule has 0 amide bonds. The lowest BCUT2D eigenvalue weighted by molar-refractivity contribution is 0.306. The molecule has 2 aromatic rings. The molecule has 0 bridgehead atoms. The third-order valence-electron chi connectivity index (χ3n) is 3.70. The van der Waals surface area contributed by atoms with Gasteiger partial charge in [0.15, 0.2) is 0 Å². The largest absolute Gasteiger partial charge is 0.497 e. The van der Waals surface area contributed by atoms with Gasteiger partial charge in [0.1, 0.15) is 18.1 Å². The summed E-state index contributed by atoms with van der Waals surface area (Å²) in [5, 5.41) is 0. The first-order chi connectivity index (χ1) is 10.8. The molecule has 0 spiro atoms. The van der Waals surface area contributed by atoms with E-state index >= 15 is 0 Å². The fraction of sp³-hybridized carbons (Fsp3) is 0.350. The number of hydrogen-bond acceptors (Lipinski definition) is 2. The Morgan fingerprint density at radius 1 is 0.773 bits per heavy atom. The maximum atomic E-state index is 5.81. The Hall–Kier alpha value is -1.96. The second-order valence-corrected chi connectivity index (χ2v) is 5.44. The molecule has 0 fully saturated rings. The normalized spacial score (nSPS) is 10.5. The number of rotatable bonds is 9. The van der Waals surface area contributed by atoms with Crippen molar-refractivity contribution < 1.29 is 9.47 Å². The van der Waals surface area contributed by atoms with Crippen LogP contribution in [0.1, 0.15) is 36.8 Å². The van der Waals surface area contributed by atoms with Crippen molar-refractivity contribution in [2.24, 2.45) is 0 Å². The molecule has 2 heteroatoms. The van der Waals surface area contributed by atoms with E-state index in [1.807, 2.05) is 24.3 Å². The smallest absolute Gasteiger partial charge is 0.119 e. The molecular formula is C20H25O2. The molecule has 0 aliphatic heterocycles. The lowest BCUT2D eigenvalue weighted by Crippen LogP contribution is -1.96. The number of benzene rings is 2. The molecule has 22 heavy (non-hydrogen) atoms. The Morgan fingerprint density at radius 2 is 1.41 bits per heavy atom. The van der Waals surface area contributed by atoms with E-state index in [1.54, 1.807) is 7.11 Å². The zero-order valence-corrected chi connectivity index (χ0v) is 13.4. The summed E-state index contributed by atoms with van der Waals surface area (Å²) < 4.78 is 11.0. The number of unbranched alkanes of at least 4 members (excludes halogenated alkanes) is 3. The Balaban J connectivity index is 1.78. The van der Waals surface area contributed by atoms with E-state index < -0.39 is 0 Å². The summed E-state index contributed by atoms with van der Waals surface area (Å²) in [6.45, 7) is 4.45. The fourth-order valence-electron chi connectivity index (χ4n) is 2.32. The molecule has 0 unspecified atom stereocenters. The highest BCUT2D eigenvalue weighted by atomic mass is 16.5. The molecule has 0 aliphatic rings. The summed E-state index contributed by atoms with van der Waals surface area (Å²) in [5.41, 5.74) is 2.51. The van der Waals surface area contributed by atoms with Crippen molar-refractivity contribution in [1.29, 1.82) is 0 Å². The average molecular weight is 297 g/mol. The second-order valence-electron chi connectivity index (χ2n) is 5.44. The first-order valence-electron chi connectivity index (χ1n) is 7.96. The van der Waals surface area contributed by atoms with Crippen LogP contribution in [0.5, 0.6) is 11.5 Å². The average Bonchev–Trinajstić information content (AvgIpc) is 2.58. The van der Waals surface area contributed by atoms with E-state index in [0.29, 0.717) is 6.61 Å². The zero-order chi connectivity index (χ0) is 15.6. The van der Waals surface area contributed by atoms with Crippen molar-refractivity contribution in [1.82, 2.24) is 0 Å². The monoisotopic (exact) mass is 297 g/mol. The first-order valence-corrected chi connectivity index (χ1v) is 7.96. The Morgan fingerprint density at radius 3 is 2.05 bits per heavy atom. The van der Waals surface area contributed by atoms with Crippen LogP contribution in [0, 0.1) is 6.92 Å². The van der Waals surface area contributed by atoms with Crippen molar-refractivity contribution in [2.75, 3.05) is 7.11 Å². The molecule has 2 nitrogen and oxygen atoms in total. The fourth-order valence-corrected chi connectivity index (χ4v) is 2.32. The van der Waals surface area contributed by atoms with Gasteiger partial charge in [-0.15, -0.1) is 0 Å². The molecule has 2 rings (SSSR count). The highest BCUT2D eigenvalue weighted by Gasteiger charge is 1.99. The molecule has 1 radical (unpaired) electrons. The van der Waals surface area contributed by atoms with Crippen molar-refractivity contribution in [3.8, 4) is 11.5 Å². The maximum Gasteiger partial charge on any atom is 0.119 e. The molecule has 117 valence electrons. The number of methoxy groups -OCH3 is 1. The zero-order valence-electron chi connectivity index (χ0n) is 13.4. The van der Waals surface area contributed by atoms with Gasteiger partial charge in [-0.25, -0.2) is 0 Å². The van der Waals surface area contributed by atoms with Gasteiger partial charge in [0.05, 0.1) is 7.11 Å². The van der Waals surface area contributed by atoms with Crippen LogP contribution in [0.15, 0.2) is 48.5 Å². The van der Waals surface area contributed by atoms with Gasteiger partial charge in [0, 0.05) is 0 Å². The van der Waals surface area contributed by atoms with Gasteiger partial charge in [-0.05, 0) is 48.2 Å². The predicted molar refractivity (Wildman–Crippen MR) is 91.3 cm³/mol. The van der Waals surface area contributed by atoms with Crippen LogP contribution < -0.4 is 9.47 Å². The van der Waals surface area contributed by atoms with Crippen LogP contribution in [0.25, 0.3) is 0 Å². The molecule has 0 saturated heterocycles. The molecule has 0 heterocycles. The van der Waals surface area contributed by atoms with Gasteiger partial charge >= 0.3 is 0 Å². The Labute approximate surface area is 134 Å². The third-order valence-corrected chi connectivity index (χ3v) is 3.70. The highest BCUT2D eigenvalue weighted by Crippen LogP contribution is 2.17. The second kappa shape index (κ2) is 9.14. The Bertz CT molecular complexity index is 529. The van der Waals surface area contributed by atoms with Crippen molar-refractivity contribution in [3.63, 3.8) is 0 Å². The molecule has 0 atom stereocenters. The van der Waals surface area contributed by atoms with Gasteiger partial charge < -0.3 is 9.47 Å². The van der Waals surface area contributed by atoms with Gasteiger partial charge in [0.2, 0.25) is 0 Å². The molecule has 0 aromatic heterocycles. The summed E-state index contributed by atoms with van der Waals surface area (Å²) >= 11 is 0. The minimum Gasteiger partial charge on any atom is -0.497 e. The van der Waals surface area contributed by atoms with E-state index in [4.69, 9.17) is 9.47 Å². The van der Waals surface area contributed by atoms with Crippen LogP contribution in [-0.2, 0) is 13.0 Å². The minimum atomic E-state index is 0.576. The third kappa shape index (κ3) is 5.44. The molecule has 0 N–H and O–H groups in total. The van der Waals surface area contributed by atoms with Crippen LogP contribution in [0.2, 0.25) is 0 Å². The Kier molecular flexibility index (Phi) is 6.82. The van der Waals surface area contributed by atoms with Crippen LogP contribution in [0.4, 0.5) is 0 Å². The van der Waals surface area contributed by atoms with Gasteiger partial charge in [-0.1, -0.05) is 50.5 Å². The van der Waals surface area contributed by atoms with Gasteiger partial charge in [-0.2, -0.15) is 0 Å². The van der Waals surface area contributed by atoms with E-state index in [9.17, 15) is 0 Å². The summed E-state index contributed by atoms with van der Waals surface area (Å²) in [5.74, 6) is 1.78. The molecular weight excluding hydrogens is 272 g/mol. The van der Waals surface area contributed by atoms with E-state index in [0.717, 1.165) is 29.9 Å². The number of ether oxygens (including phenoxy) is 2. The van der Waals surface area contributed by atoms with Crippen LogP contribution in [0.3, 0.4) is 0 Å². The lowest BCUT2D eigenvalue weighted by Gasteiger charge is -2.08. The summed E-state index contributed by atoms with van der Waals surface area (Å²) in [7, 11) is 1.67. The standard InChI is InChI=1S/C20H25O2/c1-3-4-5-6-7-17-8-14-20(15-9-17)22-16-18-10-12-19(21-2)13-11-18/h8-15H,1,3-7,16H2,2H3. The quantitative estimate of drug-likeness (QED) is 0.591. The predicted octanol–water partition coefficient (Wildman–Crippen LogP) is 5.21. The molecule has 2 aromatic carbocycles. The first kappa shape index (κ1) is 16.4. The van der Waals surface area contributed by atoms with E-state index in [-0.39, 0.29) is 0 Å². The highest BCUT2D eigenvalue weighted by molar-refractivity contribution is 5.29. The minimum absolute atomic E-state index is 0.576. The van der Waals surface area contributed by atoms with E-state index in [1.165, 1.54) is 24.8 Å². The number of aryl methyl sites for hydroxylation is 1. The molecule has 0 saturated carbocycles. The number of hydrogen-bond donors (Lipinski definition) is 0. The summed E-state index contributed by atoms with van der Waals surface area (Å²) in [4.78, 5) is 0. The summed E-state index contributed by atoms with van der Waals surface area (Å²) in [6.07, 6.45) is 5.90. The van der Waals surface area contributed by atoms with Crippen molar-refractivity contribution in [3.05, 3.63) is 66.6 Å². The maximum absolute atomic E-state index is 5.81. The molecule has 0 aliphatic carbocycles. The van der Waals surface area contributed by atoms with E-state index in [2.05, 4.69) is 31.2 Å². The van der Waals surface area contributed by atoms with Crippen molar-refractivity contribution >= 4 is 0 Å². The topological polar surface area (TPSA) is 18.5 Å². The van der Waals surface area contributed by atoms with Crippen LogP contribution in [-0.4, -0.2) is 7.11 Å². The lowest BCUT2D eigenvalue weighted by atomic mass is 10.1. The SMILES string of the molecule is [CH2]CCCCCc1ccc(OCc2ccc(OC)cc2)cc1. The van der Waals surface area contributed by atoms with Crippen molar-refractivity contribution in [2.45, 2.75) is 38.7 Å². The van der Waals surface area contributed by atoms with Crippen LogP contribution >= 0.6 is 0 Å². The van der Waals surface area contributed by atoms with Gasteiger partial charge in [-0.3, -0.25) is 0 Å². The summed E-state index contributed by atoms with van der Waals surface area (Å²) in [6, 6.07) is 16.4. The van der Waals surface area contributed by atoms with Gasteiger partial charge in [0.25, 0.3) is 0 Å².